The van der Waals surface area contributed by atoms with E-state index in [0.717, 1.165) is 5.56 Å². The second-order valence-corrected chi connectivity index (χ2v) is 5.28. The molecule has 4 nitrogen and oxygen atoms in total. The number of likely N-dealkylation sites (N-methyl/N-ethyl adjacent to an activating group) is 1. The fourth-order valence-electron chi connectivity index (χ4n) is 1.88. The normalized spacial score (nSPS) is 11.2. The third-order valence-electron chi connectivity index (χ3n) is 3.10. The first kappa shape index (κ1) is 15.5. The first-order valence-electron chi connectivity index (χ1n) is 6.06. The average Bonchev–Trinajstić information content (AvgIpc) is 2.35. The fraction of sp³-hybridized carbons (Fsp3) is 0.429. The summed E-state index contributed by atoms with van der Waals surface area (Å²) in [6.07, 6.45) is 0. The number of aliphatic carboxylic acids is 1. The van der Waals surface area contributed by atoms with Crippen LogP contribution in [0.15, 0.2) is 24.3 Å². The maximum absolute atomic E-state index is 12.4. The van der Waals surface area contributed by atoms with Gasteiger partial charge in [-0.05, 0) is 38.5 Å². The van der Waals surface area contributed by atoms with Gasteiger partial charge < -0.3 is 10.0 Å². The van der Waals surface area contributed by atoms with Crippen LogP contribution in [-0.2, 0) is 15.0 Å². The topological polar surface area (TPSA) is 57.6 Å². The molecule has 1 aromatic rings. The van der Waals surface area contributed by atoms with Crippen LogP contribution in [-0.4, -0.2) is 35.0 Å². The molecule has 0 heterocycles. The number of carbonyl (C=O) groups is 2. The highest BCUT2D eigenvalue weighted by molar-refractivity contribution is 6.30. The molecule has 0 spiro atoms. The molecule has 0 aliphatic carbocycles. The van der Waals surface area contributed by atoms with Crippen LogP contribution < -0.4 is 0 Å². The molecule has 5 heteroatoms. The van der Waals surface area contributed by atoms with Gasteiger partial charge in [-0.25, -0.2) is 0 Å². The number of amides is 1. The molecule has 0 aromatic heterocycles. The van der Waals surface area contributed by atoms with Crippen LogP contribution in [0.25, 0.3) is 0 Å². The quantitative estimate of drug-likeness (QED) is 0.903. The summed E-state index contributed by atoms with van der Waals surface area (Å²) in [5.41, 5.74) is 0.0292. The second kappa shape index (κ2) is 6.06. The molecular weight excluding hydrogens is 266 g/mol. The van der Waals surface area contributed by atoms with Crippen molar-refractivity contribution >= 4 is 23.5 Å². The van der Waals surface area contributed by atoms with Gasteiger partial charge in [0.1, 0.15) is 6.54 Å². The Bertz CT molecular complexity index is 468. The Balaban J connectivity index is 3.00. The van der Waals surface area contributed by atoms with Crippen molar-refractivity contribution in [1.29, 1.82) is 0 Å². The van der Waals surface area contributed by atoms with E-state index in [-0.39, 0.29) is 12.5 Å². The Kier molecular flexibility index (Phi) is 4.95. The summed E-state index contributed by atoms with van der Waals surface area (Å²) in [6, 6.07) is 7.02. The van der Waals surface area contributed by atoms with Crippen LogP contribution in [0.1, 0.15) is 26.3 Å². The van der Waals surface area contributed by atoms with Gasteiger partial charge in [0.2, 0.25) is 5.91 Å². The fourth-order valence-corrected chi connectivity index (χ4v) is 2.00. The Morgan fingerprint density at radius 3 is 2.21 bits per heavy atom. The van der Waals surface area contributed by atoms with E-state index in [9.17, 15) is 9.59 Å². The van der Waals surface area contributed by atoms with E-state index >= 15 is 0 Å². The van der Waals surface area contributed by atoms with Crippen molar-refractivity contribution in [3.8, 4) is 0 Å². The summed E-state index contributed by atoms with van der Waals surface area (Å²) in [4.78, 5) is 24.5. The zero-order valence-corrected chi connectivity index (χ0v) is 12.1. The molecule has 0 saturated carbocycles. The van der Waals surface area contributed by atoms with Crippen molar-refractivity contribution in [2.24, 2.45) is 0 Å². The van der Waals surface area contributed by atoms with Crippen LogP contribution in [0, 0.1) is 0 Å². The van der Waals surface area contributed by atoms with Crippen LogP contribution in [0.3, 0.4) is 0 Å². The second-order valence-electron chi connectivity index (χ2n) is 4.84. The lowest BCUT2D eigenvalue weighted by atomic mass is 9.83. The molecule has 104 valence electrons. The zero-order valence-electron chi connectivity index (χ0n) is 11.3. The molecule has 0 saturated heterocycles. The van der Waals surface area contributed by atoms with E-state index in [1.54, 1.807) is 45.0 Å². The summed E-state index contributed by atoms with van der Waals surface area (Å²) in [5, 5.41) is 9.43. The molecule has 1 N–H and O–H groups in total. The van der Waals surface area contributed by atoms with Crippen molar-refractivity contribution in [2.45, 2.75) is 26.2 Å². The minimum Gasteiger partial charge on any atom is -0.480 e. The standard InChI is InChI=1S/C14H18ClNO3/c1-4-16(9-12(17)18)13(19)14(2,3)10-5-7-11(15)8-6-10/h5-8H,4,9H2,1-3H3,(H,17,18). The molecule has 0 bridgehead atoms. The summed E-state index contributed by atoms with van der Waals surface area (Å²) in [7, 11) is 0. The molecule has 0 fully saturated rings. The third-order valence-corrected chi connectivity index (χ3v) is 3.35. The highest BCUT2D eigenvalue weighted by atomic mass is 35.5. The number of carboxylic acid groups (broad SMARTS) is 1. The smallest absolute Gasteiger partial charge is 0.323 e. The van der Waals surface area contributed by atoms with Gasteiger partial charge in [0.15, 0.2) is 0 Å². The highest BCUT2D eigenvalue weighted by Gasteiger charge is 2.33. The minimum atomic E-state index is -1.01. The SMILES string of the molecule is CCN(CC(=O)O)C(=O)C(C)(C)c1ccc(Cl)cc1. The molecule has 0 aliphatic rings. The summed E-state index contributed by atoms with van der Waals surface area (Å²) >= 11 is 5.83. The van der Waals surface area contributed by atoms with Crippen LogP contribution >= 0.6 is 11.6 Å². The lowest BCUT2D eigenvalue weighted by Gasteiger charge is -2.30. The predicted molar refractivity (Wildman–Crippen MR) is 74.4 cm³/mol. The number of benzene rings is 1. The van der Waals surface area contributed by atoms with Gasteiger partial charge in [-0.2, -0.15) is 0 Å². The Labute approximate surface area is 118 Å². The molecule has 0 aliphatic heterocycles. The number of rotatable bonds is 5. The Morgan fingerprint density at radius 1 is 1.26 bits per heavy atom. The zero-order chi connectivity index (χ0) is 14.6. The number of halogens is 1. The number of hydrogen-bond acceptors (Lipinski definition) is 2. The predicted octanol–water partition coefficient (Wildman–Crippen LogP) is 2.55. The first-order chi connectivity index (χ1) is 8.78. The number of hydrogen-bond donors (Lipinski definition) is 1. The lowest BCUT2D eigenvalue weighted by Crippen LogP contribution is -2.45. The van der Waals surface area contributed by atoms with E-state index in [2.05, 4.69) is 0 Å². The highest BCUT2D eigenvalue weighted by Crippen LogP contribution is 2.26. The van der Waals surface area contributed by atoms with E-state index in [0.29, 0.717) is 11.6 Å². The number of carboxylic acids is 1. The maximum Gasteiger partial charge on any atom is 0.323 e. The van der Waals surface area contributed by atoms with E-state index < -0.39 is 11.4 Å². The van der Waals surface area contributed by atoms with Gasteiger partial charge in [-0.1, -0.05) is 23.7 Å². The summed E-state index contributed by atoms with van der Waals surface area (Å²) in [5.74, 6) is -1.22. The van der Waals surface area contributed by atoms with E-state index in [1.807, 2.05) is 0 Å². The van der Waals surface area contributed by atoms with Gasteiger partial charge in [-0.3, -0.25) is 9.59 Å². The van der Waals surface area contributed by atoms with Gasteiger partial charge >= 0.3 is 5.97 Å². The van der Waals surface area contributed by atoms with Crippen LogP contribution in [0.2, 0.25) is 5.02 Å². The van der Waals surface area contributed by atoms with Crippen molar-refractivity contribution in [2.75, 3.05) is 13.1 Å². The molecule has 1 aromatic carbocycles. The van der Waals surface area contributed by atoms with Gasteiger partial charge in [0.05, 0.1) is 5.41 Å². The third kappa shape index (κ3) is 3.70. The average molecular weight is 284 g/mol. The van der Waals surface area contributed by atoms with Gasteiger partial charge in [0.25, 0.3) is 0 Å². The van der Waals surface area contributed by atoms with Crippen LogP contribution in [0.5, 0.6) is 0 Å². The van der Waals surface area contributed by atoms with Gasteiger partial charge in [-0.15, -0.1) is 0 Å². The Morgan fingerprint density at radius 2 is 1.79 bits per heavy atom. The maximum atomic E-state index is 12.4. The van der Waals surface area contributed by atoms with Crippen molar-refractivity contribution in [3.63, 3.8) is 0 Å². The molecule has 1 rings (SSSR count). The van der Waals surface area contributed by atoms with Crippen molar-refractivity contribution < 1.29 is 14.7 Å². The minimum absolute atomic E-state index is 0.209. The number of carbonyl (C=O) groups excluding carboxylic acids is 1. The molecule has 0 atom stereocenters. The van der Waals surface area contributed by atoms with Crippen molar-refractivity contribution in [1.82, 2.24) is 4.90 Å². The largest absolute Gasteiger partial charge is 0.480 e. The molecule has 0 unspecified atom stereocenters. The van der Waals surface area contributed by atoms with E-state index in [4.69, 9.17) is 16.7 Å². The number of nitrogens with zero attached hydrogens (tertiary/aromatic N) is 1. The van der Waals surface area contributed by atoms with Crippen LogP contribution in [0.4, 0.5) is 0 Å². The summed E-state index contributed by atoms with van der Waals surface area (Å²) < 4.78 is 0. The lowest BCUT2D eigenvalue weighted by molar-refractivity contribution is -0.146. The van der Waals surface area contributed by atoms with E-state index in [1.165, 1.54) is 4.90 Å². The van der Waals surface area contributed by atoms with Crippen molar-refractivity contribution in [3.05, 3.63) is 34.9 Å². The van der Waals surface area contributed by atoms with Gasteiger partial charge in [0, 0.05) is 11.6 Å². The molecule has 1 amide bonds. The monoisotopic (exact) mass is 283 g/mol. The first-order valence-corrected chi connectivity index (χ1v) is 6.44. The Hall–Kier alpha value is -1.55. The molecular formula is C14H18ClNO3. The molecule has 19 heavy (non-hydrogen) atoms. The summed E-state index contributed by atoms with van der Waals surface area (Å²) in [6.45, 7) is 5.40. The molecule has 0 radical (unpaired) electrons.